The van der Waals surface area contributed by atoms with Crippen LogP contribution in [0.2, 0.25) is 0 Å². The van der Waals surface area contributed by atoms with Crippen molar-refractivity contribution in [3.05, 3.63) is 41.5 Å². The van der Waals surface area contributed by atoms with Crippen molar-refractivity contribution in [3.63, 3.8) is 0 Å². The molecule has 0 spiro atoms. The molecule has 0 atom stereocenters. The van der Waals surface area contributed by atoms with Crippen LogP contribution in [-0.4, -0.2) is 5.33 Å². The first kappa shape index (κ1) is 15.5. The predicted octanol–water partition coefficient (Wildman–Crippen LogP) is 6.00. The number of rotatable bonds is 9. The SMILES string of the molecule is CCCCCCCCc1ccc(/C=C/CBr)cc1. The van der Waals surface area contributed by atoms with Gasteiger partial charge in [-0.25, -0.2) is 0 Å². The Bertz CT molecular complexity index is 324. The van der Waals surface area contributed by atoms with Crippen LogP contribution in [0.5, 0.6) is 0 Å². The van der Waals surface area contributed by atoms with E-state index in [1.54, 1.807) is 0 Å². The van der Waals surface area contributed by atoms with Gasteiger partial charge in [-0.15, -0.1) is 0 Å². The van der Waals surface area contributed by atoms with E-state index < -0.39 is 0 Å². The fourth-order valence-corrected chi connectivity index (χ4v) is 2.27. The Balaban J connectivity index is 2.20. The summed E-state index contributed by atoms with van der Waals surface area (Å²) in [7, 11) is 0. The summed E-state index contributed by atoms with van der Waals surface area (Å²) in [5, 5.41) is 0.923. The van der Waals surface area contributed by atoms with Crippen LogP contribution >= 0.6 is 15.9 Å². The van der Waals surface area contributed by atoms with Gasteiger partial charge < -0.3 is 0 Å². The molecule has 0 aliphatic carbocycles. The van der Waals surface area contributed by atoms with Gasteiger partial charge in [0.15, 0.2) is 0 Å². The number of unbranched alkanes of at least 4 members (excludes halogenated alkanes) is 5. The highest BCUT2D eigenvalue weighted by molar-refractivity contribution is 9.09. The topological polar surface area (TPSA) is 0 Å². The van der Waals surface area contributed by atoms with Gasteiger partial charge in [0.2, 0.25) is 0 Å². The molecular formula is C17H25Br. The largest absolute Gasteiger partial charge is 0.0883 e. The third-order valence-corrected chi connectivity index (χ3v) is 3.57. The van der Waals surface area contributed by atoms with Crippen molar-refractivity contribution < 1.29 is 0 Å². The summed E-state index contributed by atoms with van der Waals surface area (Å²) in [6.45, 7) is 2.27. The Labute approximate surface area is 121 Å². The van der Waals surface area contributed by atoms with Crippen LogP contribution in [0.1, 0.15) is 56.6 Å². The lowest BCUT2D eigenvalue weighted by molar-refractivity contribution is 0.607. The van der Waals surface area contributed by atoms with Crippen LogP contribution in [0.25, 0.3) is 6.08 Å². The summed E-state index contributed by atoms with van der Waals surface area (Å²) in [5.41, 5.74) is 2.77. The Morgan fingerprint density at radius 1 is 0.944 bits per heavy atom. The monoisotopic (exact) mass is 308 g/mol. The number of allylic oxidation sites excluding steroid dienone is 1. The number of aryl methyl sites for hydroxylation is 1. The Morgan fingerprint density at radius 3 is 2.28 bits per heavy atom. The number of hydrogen-bond acceptors (Lipinski definition) is 0. The predicted molar refractivity (Wildman–Crippen MR) is 86.4 cm³/mol. The lowest BCUT2D eigenvalue weighted by atomic mass is 10.0. The quantitative estimate of drug-likeness (QED) is 0.388. The fourth-order valence-electron chi connectivity index (χ4n) is 2.09. The number of halogens is 1. The van der Waals surface area contributed by atoms with Gasteiger partial charge in [0.25, 0.3) is 0 Å². The van der Waals surface area contributed by atoms with Gasteiger partial charge in [0.05, 0.1) is 0 Å². The molecule has 1 heteroatoms. The van der Waals surface area contributed by atoms with Gasteiger partial charge in [-0.1, -0.05) is 91.4 Å². The zero-order chi connectivity index (χ0) is 13.1. The molecule has 0 unspecified atom stereocenters. The van der Waals surface area contributed by atoms with Crippen LogP contribution in [-0.2, 0) is 6.42 Å². The molecule has 18 heavy (non-hydrogen) atoms. The van der Waals surface area contributed by atoms with Crippen LogP contribution in [0.4, 0.5) is 0 Å². The first-order chi connectivity index (χ1) is 8.86. The van der Waals surface area contributed by atoms with E-state index >= 15 is 0 Å². The molecule has 0 aromatic heterocycles. The van der Waals surface area contributed by atoms with E-state index in [1.807, 2.05) is 0 Å². The van der Waals surface area contributed by atoms with Crippen LogP contribution in [0, 0.1) is 0 Å². The van der Waals surface area contributed by atoms with E-state index in [2.05, 4.69) is 59.3 Å². The van der Waals surface area contributed by atoms with Crippen molar-refractivity contribution in [3.8, 4) is 0 Å². The van der Waals surface area contributed by atoms with Gasteiger partial charge >= 0.3 is 0 Å². The highest BCUT2D eigenvalue weighted by Crippen LogP contribution is 2.11. The molecule has 0 aliphatic heterocycles. The Kier molecular flexibility index (Phi) is 8.93. The van der Waals surface area contributed by atoms with Gasteiger partial charge in [-0.3, -0.25) is 0 Å². The van der Waals surface area contributed by atoms with Gasteiger partial charge in [-0.05, 0) is 24.0 Å². The fraction of sp³-hybridized carbons (Fsp3) is 0.529. The molecule has 0 saturated carbocycles. The summed E-state index contributed by atoms with van der Waals surface area (Å²) in [6, 6.07) is 8.96. The molecule has 0 saturated heterocycles. The third-order valence-electron chi connectivity index (χ3n) is 3.20. The maximum atomic E-state index is 3.39. The molecule has 0 N–H and O–H groups in total. The number of hydrogen-bond donors (Lipinski definition) is 0. The molecule has 100 valence electrons. The normalized spacial score (nSPS) is 11.2. The lowest BCUT2D eigenvalue weighted by Gasteiger charge is -2.02. The summed E-state index contributed by atoms with van der Waals surface area (Å²) in [5.74, 6) is 0. The Morgan fingerprint density at radius 2 is 1.61 bits per heavy atom. The molecule has 0 radical (unpaired) electrons. The molecular weight excluding hydrogens is 284 g/mol. The van der Waals surface area contributed by atoms with Crippen molar-refractivity contribution in [1.82, 2.24) is 0 Å². The molecule has 1 aromatic carbocycles. The minimum absolute atomic E-state index is 0.923. The van der Waals surface area contributed by atoms with Crippen LogP contribution < -0.4 is 0 Å². The molecule has 0 amide bonds. The van der Waals surface area contributed by atoms with E-state index in [1.165, 1.54) is 56.1 Å². The zero-order valence-electron chi connectivity index (χ0n) is 11.5. The highest BCUT2D eigenvalue weighted by Gasteiger charge is 1.94. The van der Waals surface area contributed by atoms with Gasteiger partial charge in [0.1, 0.15) is 0 Å². The second-order valence-corrected chi connectivity index (χ2v) is 5.46. The molecule has 0 bridgehead atoms. The number of alkyl halides is 1. The third kappa shape index (κ3) is 7.00. The smallest absolute Gasteiger partial charge is 0.0215 e. The minimum Gasteiger partial charge on any atom is -0.0883 e. The lowest BCUT2D eigenvalue weighted by Crippen LogP contribution is -1.86. The van der Waals surface area contributed by atoms with Crippen LogP contribution in [0.3, 0.4) is 0 Å². The van der Waals surface area contributed by atoms with E-state index in [0.29, 0.717) is 0 Å². The van der Waals surface area contributed by atoms with Crippen molar-refractivity contribution in [2.75, 3.05) is 5.33 Å². The summed E-state index contributed by atoms with van der Waals surface area (Å²) >= 11 is 3.39. The second-order valence-electron chi connectivity index (χ2n) is 4.82. The average Bonchev–Trinajstić information content (AvgIpc) is 2.42. The van der Waals surface area contributed by atoms with Crippen molar-refractivity contribution >= 4 is 22.0 Å². The number of benzene rings is 1. The highest BCUT2D eigenvalue weighted by atomic mass is 79.9. The summed E-state index contributed by atoms with van der Waals surface area (Å²) in [4.78, 5) is 0. The molecule has 0 nitrogen and oxygen atoms in total. The molecule has 0 heterocycles. The molecule has 0 fully saturated rings. The minimum atomic E-state index is 0.923. The zero-order valence-corrected chi connectivity index (χ0v) is 13.1. The van der Waals surface area contributed by atoms with Crippen molar-refractivity contribution in [2.24, 2.45) is 0 Å². The van der Waals surface area contributed by atoms with Gasteiger partial charge in [0, 0.05) is 5.33 Å². The maximum absolute atomic E-state index is 3.39. The Hall–Kier alpha value is -0.560. The second kappa shape index (κ2) is 10.4. The van der Waals surface area contributed by atoms with E-state index in [4.69, 9.17) is 0 Å². The van der Waals surface area contributed by atoms with Gasteiger partial charge in [-0.2, -0.15) is 0 Å². The first-order valence-electron chi connectivity index (χ1n) is 7.18. The average molecular weight is 309 g/mol. The summed E-state index contributed by atoms with van der Waals surface area (Å²) in [6.07, 6.45) is 13.8. The standard InChI is InChI=1S/C17H25Br/c1-2-3-4-5-6-7-9-16-11-13-17(14-12-16)10-8-15-18/h8,10-14H,2-7,9,15H2,1H3/b10-8+. The summed E-state index contributed by atoms with van der Waals surface area (Å²) < 4.78 is 0. The van der Waals surface area contributed by atoms with E-state index in [9.17, 15) is 0 Å². The van der Waals surface area contributed by atoms with Crippen molar-refractivity contribution in [2.45, 2.75) is 51.9 Å². The molecule has 0 aliphatic rings. The first-order valence-corrected chi connectivity index (χ1v) is 8.30. The van der Waals surface area contributed by atoms with Crippen molar-refractivity contribution in [1.29, 1.82) is 0 Å². The van der Waals surface area contributed by atoms with E-state index in [-0.39, 0.29) is 0 Å². The maximum Gasteiger partial charge on any atom is 0.0215 e. The molecule has 1 aromatic rings. The molecule has 1 rings (SSSR count). The van der Waals surface area contributed by atoms with E-state index in [0.717, 1.165) is 5.33 Å². The van der Waals surface area contributed by atoms with Crippen LogP contribution in [0.15, 0.2) is 30.3 Å².